The molecule has 6 nitrogen and oxygen atoms in total. The van der Waals surface area contributed by atoms with Crippen LogP contribution in [0.15, 0.2) is 60.8 Å². The van der Waals surface area contributed by atoms with Crippen molar-refractivity contribution in [1.82, 2.24) is 14.9 Å². The number of nitrogens with zero attached hydrogens (tertiary/aromatic N) is 3. The summed E-state index contributed by atoms with van der Waals surface area (Å²) < 4.78 is 0. The van der Waals surface area contributed by atoms with Crippen LogP contribution in [0.25, 0.3) is 10.9 Å². The minimum atomic E-state index is -0.110. The zero-order valence-electron chi connectivity index (χ0n) is 17.5. The van der Waals surface area contributed by atoms with Gasteiger partial charge in [0.1, 0.15) is 5.82 Å². The van der Waals surface area contributed by atoms with Crippen LogP contribution in [0.4, 0.5) is 5.82 Å². The Hall–Kier alpha value is -4.11. The van der Waals surface area contributed by atoms with Gasteiger partial charge in [-0.15, -0.1) is 0 Å². The first-order chi connectivity index (χ1) is 15.0. The normalized spacial score (nSPS) is 10.7. The van der Waals surface area contributed by atoms with Gasteiger partial charge in [-0.05, 0) is 48.7 Å². The molecule has 0 aliphatic heterocycles. The number of nitriles is 1. The predicted molar refractivity (Wildman–Crippen MR) is 121 cm³/mol. The Morgan fingerprint density at radius 2 is 1.87 bits per heavy atom. The Morgan fingerprint density at radius 3 is 2.65 bits per heavy atom. The van der Waals surface area contributed by atoms with Crippen LogP contribution in [0.3, 0.4) is 0 Å². The monoisotopic (exact) mass is 409 g/mol. The van der Waals surface area contributed by atoms with Gasteiger partial charge in [-0.2, -0.15) is 5.26 Å². The quantitative estimate of drug-likeness (QED) is 0.508. The van der Waals surface area contributed by atoms with Crippen LogP contribution in [0.5, 0.6) is 0 Å². The average Bonchev–Trinajstić information content (AvgIpc) is 3.19. The zero-order chi connectivity index (χ0) is 22.0. The first-order valence-electron chi connectivity index (χ1n) is 10.0. The highest BCUT2D eigenvalue weighted by molar-refractivity contribution is 6.06. The number of H-pyrrole nitrogens is 1. The molecule has 0 saturated heterocycles. The molecule has 0 spiro atoms. The van der Waals surface area contributed by atoms with Crippen LogP contribution in [0, 0.1) is 25.2 Å². The fourth-order valence-electron chi connectivity index (χ4n) is 3.91. The zero-order valence-corrected chi connectivity index (χ0v) is 17.5. The van der Waals surface area contributed by atoms with Crippen molar-refractivity contribution in [1.29, 1.82) is 5.26 Å². The van der Waals surface area contributed by atoms with Gasteiger partial charge in [0.25, 0.3) is 5.91 Å². The molecule has 0 saturated carbocycles. The van der Waals surface area contributed by atoms with Gasteiger partial charge >= 0.3 is 0 Å². The second-order valence-electron chi connectivity index (χ2n) is 7.61. The number of hydrogen-bond acceptors (Lipinski definition) is 4. The molecular formula is C25H23N5O. The molecule has 0 fully saturated rings. The van der Waals surface area contributed by atoms with Gasteiger partial charge in [-0.1, -0.05) is 36.4 Å². The molecule has 0 radical (unpaired) electrons. The fraction of sp³-hybridized carbons (Fsp3) is 0.160. The molecule has 0 aliphatic carbocycles. The molecule has 4 rings (SSSR count). The topological polar surface area (TPSA) is 98.8 Å². The molecule has 1 amide bonds. The van der Waals surface area contributed by atoms with E-state index < -0.39 is 0 Å². The summed E-state index contributed by atoms with van der Waals surface area (Å²) in [6.07, 6.45) is 1.75. The van der Waals surface area contributed by atoms with Gasteiger partial charge in [-0.3, -0.25) is 4.79 Å². The largest absolute Gasteiger partial charge is 0.384 e. The van der Waals surface area contributed by atoms with Crippen molar-refractivity contribution in [2.24, 2.45) is 0 Å². The van der Waals surface area contributed by atoms with E-state index in [1.54, 1.807) is 17.2 Å². The second-order valence-corrected chi connectivity index (χ2v) is 7.61. The lowest BCUT2D eigenvalue weighted by Crippen LogP contribution is -2.31. The number of para-hydroxylation sites is 1. The van der Waals surface area contributed by atoms with E-state index in [4.69, 9.17) is 5.73 Å². The maximum absolute atomic E-state index is 13.7. The molecule has 31 heavy (non-hydrogen) atoms. The Morgan fingerprint density at radius 1 is 1.13 bits per heavy atom. The summed E-state index contributed by atoms with van der Waals surface area (Å²) in [7, 11) is 0. The van der Waals surface area contributed by atoms with Crippen LogP contribution >= 0.6 is 0 Å². The first-order valence-corrected chi connectivity index (χ1v) is 10.0. The van der Waals surface area contributed by atoms with Crippen LogP contribution in [-0.4, -0.2) is 20.8 Å². The summed E-state index contributed by atoms with van der Waals surface area (Å²) in [6, 6.07) is 19.1. The number of pyridine rings is 1. The van der Waals surface area contributed by atoms with E-state index in [0.29, 0.717) is 30.0 Å². The summed E-state index contributed by atoms with van der Waals surface area (Å²) in [5, 5.41) is 10.4. The minimum Gasteiger partial charge on any atom is -0.384 e. The summed E-state index contributed by atoms with van der Waals surface area (Å²) in [4.78, 5) is 23.0. The number of carbonyl (C=O) groups is 1. The summed E-state index contributed by atoms with van der Waals surface area (Å²) in [5.74, 6) is 0.351. The molecule has 0 unspecified atom stereocenters. The van der Waals surface area contributed by atoms with Crippen LogP contribution in [-0.2, 0) is 13.1 Å². The van der Waals surface area contributed by atoms with Crippen molar-refractivity contribution >= 4 is 22.6 Å². The Labute approximate surface area is 180 Å². The molecule has 4 aromatic rings. The van der Waals surface area contributed by atoms with E-state index in [-0.39, 0.29) is 5.91 Å². The molecule has 2 aromatic carbocycles. The number of nitrogens with one attached hydrogen (secondary N) is 1. The van der Waals surface area contributed by atoms with E-state index in [0.717, 1.165) is 33.3 Å². The third-order valence-corrected chi connectivity index (χ3v) is 5.53. The number of fused-ring (bicyclic) bond motifs is 1. The van der Waals surface area contributed by atoms with Crippen LogP contribution < -0.4 is 5.73 Å². The summed E-state index contributed by atoms with van der Waals surface area (Å²) >= 11 is 0. The number of aromatic amines is 1. The Bertz CT molecular complexity index is 1290. The second kappa shape index (κ2) is 8.33. The van der Waals surface area contributed by atoms with Crippen LogP contribution in [0.2, 0.25) is 0 Å². The van der Waals surface area contributed by atoms with Gasteiger partial charge in [0.05, 0.1) is 17.2 Å². The highest BCUT2D eigenvalue weighted by atomic mass is 16.2. The third kappa shape index (κ3) is 3.99. The minimum absolute atomic E-state index is 0.110. The molecule has 0 bridgehead atoms. The number of aromatic nitrogens is 2. The van der Waals surface area contributed by atoms with E-state index in [9.17, 15) is 10.1 Å². The lowest BCUT2D eigenvalue weighted by molar-refractivity contribution is 0.0731. The molecule has 0 atom stereocenters. The molecule has 6 heteroatoms. The van der Waals surface area contributed by atoms with Gasteiger partial charge in [-0.25, -0.2) is 4.98 Å². The molecule has 0 aliphatic rings. The molecule has 3 N–H and O–H groups in total. The summed E-state index contributed by atoms with van der Waals surface area (Å²) in [6.45, 7) is 4.54. The van der Waals surface area contributed by atoms with E-state index >= 15 is 0 Å². The standard InChI is InChI=1S/C25H23N5O/c1-16-11-24(27)29-17(2)22(16)15-30(14-19-8-4-3-7-18(19)12-26)25(31)21-13-28-23-10-6-5-9-20(21)23/h3-11,13,28H,14-15H2,1-2H3,(H2,27,29). The van der Waals surface area contributed by atoms with Crippen molar-refractivity contribution in [3.63, 3.8) is 0 Å². The van der Waals surface area contributed by atoms with Crippen molar-refractivity contribution in [3.8, 4) is 6.07 Å². The van der Waals surface area contributed by atoms with Gasteiger partial charge in [0.15, 0.2) is 0 Å². The number of anilines is 1. The fourth-order valence-corrected chi connectivity index (χ4v) is 3.91. The third-order valence-electron chi connectivity index (χ3n) is 5.53. The van der Waals surface area contributed by atoms with Crippen LogP contribution in [0.1, 0.15) is 38.3 Å². The SMILES string of the molecule is Cc1cc(N)nc(C)c1CN(Cc1ccccc1C#N)C(=O)c1c[nH]c2ccccc12. The number of rotatable bonds is 5. The van der Waals surface area contributed by atoms with Gasteiger partial charge < -0.3 is 15.6 Å². The van der Waals surface area contributed by atoms with Gasteiger partial charge in [0, 0.05) is 35.9 Å². The Kier molecular flexibility index (Phi) is 5.42. The molecular weight excluding hydrogens is 386 g/mol. The maximum Gasteiger partial charge on any atom is 0.256 e. The molecule has 154 valence electrons. The number of carbonyl (C=O) groups excluding carboxylic acids is 1. The van der Waals surface area contributed by atoms with Crippen molar-refractivity contribution in [2.45, 2.75) is 26.9 Å². The van der Waals surface area contributed by atoms with E-state index in [1.165, 1.54) is 0 Å². The Balaban J connectivity index is 1.77. The highest BCUT2D eigenvalue weighted by Crippen LogP contribution is 2.24. The lowest BCUT2D eigenvalue weighted by atomic mass is 10.0. The van der Waals surface area contributed by atoms with E-state index in [2.05, 4.69) is 16.0 Å². The first kappa shape index (κ1) is 20.2. The van der Waals surface area contributed by atoms with Crippen molar-refractivity contribution < 1.29 is 4.79 Å². The predicted octanol–water partition coefficient (Wildman–Crippen LogP) is 4.48. The number of amides is 1. The summed E-state index contributed by atoms with van der Waals surface area (Å²) in [5.41, 5.74) is 11.5. The van der Waals surface area contributed by atoms with Gasteiger partial charge in [0.2, 0.25) is 0 Å². The number of aryl methyl sites for hydroxylation is 2. The molecule has 2 heterocycles. The highest BCUT2D eigenvalue weighted by Gasteiger charge is 2.22. The van der Waals surface area contributed by atoms with Crippen molar-refractivity contribution in [3.05, 3.63) is 94.3 Å². The lowest BCUT2D eigenvalue weighted by Gasteiger charge is -2.25. The van der Waals surface area contributed by atoms with E-state index in [1.807, 2.05) is 62.4 Å². The number of hydrogen-bond donors (Lipinski definition) is 2. The number of nitrogens with two attached hydrogens (primary N) is 1. The maximum atomic E-state index is 13.7. The smallest absolute Gasteiger partial charge is 0.256 e. The molecule has 2 aromatic heterocycles. The van der Waals surface area contributed by atoms with Crippen molar-refractivity contribution in [2.75, 3.05) is 5.73 Å². The number of nitrogen functional groups attached to an aromatic ring is 1. The average molecular weight is 409 g/mol. The number of benzene rings is 2.